The lowest BCUT2D eigenvalue weighted by molar-refractivity contribution is -0.132. The van der Waals surface area contributed by atoms with Crippen molar-refractivity contribution in [2.75, 3.05) is 26.4 Å². The molecule has 2 aliphatic rings. The van der Waals surface area contributed by atoms with Gasteiger partial charge >= 0.3 is 0 Å². The molecule has 1 aromatic rings. The van der Waals surface area contributed by atoms with Crippen molar-refractivity contribution in [1.82, 2.24) is 15.5 Å². The highest BCUT2D eigenvalue weighted by Gasteiger charge is 2.39. The molecule has 0 aromatic heterocycles. The molecule has 1 unspecified atom stereocenters. The lowest BCUT2D eigenvalue weighted by atomic mass is 10.1. The summed E-state index contributed by atoms with van der Waals surface area (Å²) in [6.07, 6.45) is 0.229. The Morgan fingerprint density at radius 3 is 2.56 bits per heavy atom. The Balaban J connectivity index is 1.42. The van der Waals surface area contributed by atoms with Gasteiger partial charge in [0.2, 0.25) is 18.6 Å². The van der Waals surface area contributed by atoms with E-state index < -0.39 is 0 Å². The Hall–Kier alpha value is -2.77. The van der Waals surface area contributed by atoms with Gasteiger partial charge in [-0.1, -0.05) is 0 Å². The number of likely N-dealkylation sites (tertiary alicyclic amines) is 1. The number of rotatable bonds is 5. The van der Waals surface area contributed by atoms with E-state index in [1.54, 1.807) is 23.1 Å². The Labute approximate surface area is 158 Å². The first-order chi connectivity index (χ1) is 12.8. The summed E-state index contributed by atoms with van der Waals surface area (Å²) >= 11 is 0. The summed E-state index contributed by atoms with van der Waals surface area (Å²) in [6, 6.07) is 4.98. The van der Waals surface area contributed by atoms with Crippen molar-refractivity contribution in [2.45, 2.75) is 32.7 Å². The van der Waals surface area contributed by atoms with Crippen LogP contribution in [-0.2, 0) is 9.59 Å². The highest BCUT2D eigenvalue weighted by atomic mass is 16.7. The van der Waals surface area contributed by atoms with Gasteiger partial charge in [-0.25, -0.2) is 0 Å². The summed E-state index contributed by atoms with van der Waals surface area (Å²) in [5, 5.41) is 5.54. The summed E-state index contributed by atoms with van der Waals surface area (Å²) in [6.45, 7) is 7.04. The van der Waals surface area contributed by atoms with Crippen LogP contribution in [0.25, 0.3) is 0 Å². The molecule has 2 aliphatic heterocycles. The quantitative estimate of drug-likeness (QED) is 0.746. The fraction of sp³-hybridized carbons (Fsp3) is 0.526. The lowest BCUT2D eigenvalue weighted by Gasteiger charge is -2.31. The van der Waals surface area contributed by atoms with Crippen LogP contribution in [0.5, 0.6) is 11.5 Å². The number of fused-ring (bicyclic) bond motifs is 1. The van der Waals surface area contributed by atoms with Gasteiger partial charge in [-0.05, 0) is 39.0 Å². The van der Waals surface area contributed by atoms with Gasteiger partial charge in [-0.2, -0.15) is 0 Å². The van der Waals surface area contributed by atoms with Crippen LogP contribution < -0.4 is 20.1 Å². The van der Waals surface area contributed by atoms with Crippen molar-refractivity contribution < 1.29 is 23.9 Å². The zero-order valence-corrected chi connectivity index (χ0v) is 15.8. The molecule has 8 heteroatoms. The van der Waals surface area contributed by atoms with Crippen molar-refractivity contribution >= 4 is 17.7 Å². The molecule has 3 amide bonds. The maximum Gasteiger partial charge on any atom is 0.251 e. The van der Waals surface area contributed by atoms with Gasteiger partial charge in [0.15, 0.2) is 11.5 Å². The zero-order chi connectivity index (χ0) is 19.6. The number of benzene rings is 1. The molecule has 0 saturated carbocycles. The van der Waals surface area contributed by atoms with Crippen molar-refractivity contribution in [2.24, 2.45) is 5.92 Å². The predicted molar refractivity (Wildman–Crippen MR) is 97.5 cm³/mol. The first-order valence-corrected chi connectivity index (χ1v) is 9.02. The van der Waals surface area contributed by atoms with Gasteiger partial charge in [0, 0.05) is 37.2 Å². The lowest BCUT2D eigenvalue weighted by Crippen LogP contribution is -2.43. The molecular formula is C19H25N3O5. The average Bonchev–Trinajstić information content (AvgIpc) is 3.23. The molecule has 0 spiro atoms. The van der Waals surface area contributed by atoms with Gasteiger partial charge in [0.1, 0.15) is 0 Å². The Morgan fingerprint density at radius 1 is 1.15 bits per heavy atom. The molecule has 1 saturated heterocycles. The second-order valence-electron chi connectivity index (χ2n) is 7.69. The molecule has 0 radical (unpaired) electrons. The maximum absolute atomic E-state index is 12.3. The molecule has 3 rings (SSSR count). The van der Waals surface area contributed by atoms with Gasteiger partial charge < -0.3 is 25.0 Å². The molecule has 1 atom stereocenters. The van der Waals surface area contributed by atoms with E-state index in [4.69, 9.17) is 9.47 Å². The summed E-state index contributed by atoms with van der Waals surface area (Å²) in [5.41, 5.74) is 0.179. The van der Waals surface area contributed by atoms with Crippen LogP contribution in [0.15, 0.2) is 18.2 Å². The van der Waals surface area contributed by atoms with Crippen LogP contribution in [0.2, 0.25) is 0 Å². The van der Waals surface area contributed by atoms with Crippen molar-refractivity contribution in [1.29, 1.82) is 0 Å². The SMILES string of the molecule is CC(C)(C)N1CC(C(=O)NCCNC(=O)c2ccc3c(c2)OCO3)CC1=O. The van der Waals surface area contributed by atoms with E-state index >= 15 is 0 Å². The number of nitrogens with one attached hydrogen (secondary N) is 2. The van der Waals surface area contributed by atoms with E-state index in [-0.39, 0.29) is 42.4 Å². The fourth-order valence-corrected chi connectivity index (χ4v) is 3.18. The second-order valence-corrected chi connectivity index (χ2v) is 7.69. The molecule has 8 nitrogen and oxygen atoms in total. The van der Waals surface area contributed by atoms with Crippen molar-refractivity contribution in [3.63, 3.8) is 0 Å². The number of hydrogen-bond acceptors (Lipinski definition) is 5. The molecular weight excluding hydrogens is 350 g/mol. The first kappa shape index (κ1) is 19.0. The molecule has 146 valence electrons. The third-order valence-electron chi connectivity index (χ3n) is 4.65. The molecule has 0 aliphatic carbocycles. The molecule has 27 heavy (non-hydrogen) atoms. The van der Waals surface area contributed by atoms with Crippen molar-refractivity contribution in [3.8, 4) is 11.5 Å². The summed E-state index contributed by atoms with van der Waals surface area (Å²) in [7, 11) is 0. The van der Waals surface area contributed by atoms with E-state index in [0.29, 0.717) is 36.7 Å². The summed E-state index contributed by atoms with van der Waals surface area (Å²) < 4.78 is 10.5. The minimum absolute atomic E-state index is 0.00115. The standard InChI is InChI=1S/C19H25N3O5/c1-19(2,3)22-10-13(9-16(22)23)18(25)21-7-6-20-17(24)12-4-5-14-15(8-12)27-11-26-14/h4-5,8,13H,6-7,9-11H2,1-3H3,(H,20,24)(H,21,25). The van der Waals surface area contributed by atoms with Crippen LogP contribution >= 0.6 is 0 Å². The van der Waals surface area contributed by atoms with Gasteiger partial charge in [0.25, 0.3) is 5.91 Å². The highest BCUT2D eigenvalue weighted by molar-refractivity contribution is 5.95. The summed E-state index contributed by atoms with van der Waals surface area (Å²) in [5.74, 6) is 0.407. The number of amides is 3. The normalized spacial score (nSPS) is 18.6. The van der Waals surface area contributed by atoms with E-state index in [2.05, 4.69) is 10.6 Å². The minimum atomic E-state index is -0.346. The molecule has 2 heterocycles. The first-order valence-electron chi connectivity index (χ1n) is 9.02. The van der Waals surface area contributed by atoms with Crippen LogP contribution in [0.3, 0.4) is 0 Å². The van der Waals surface area contributed by atoms with Crippen LogP contribution in [-0.4, -0.2) is 54.6 Å². The molecule has 2 N–H and O–H groups in total. The predicted octanol–water partition coefficient (Wildman–Crippen LogP) is 0.908. The molecule has 1 fully saturated rings. The maximum atomic E-state index is 12.3. The smallest absolute Gasteiger partial charge is 0.251 e. The van der Waals surface area contributed by atoms with Crippen LogP contribution in [0, 0.1) is 5.92 Å². The average molecular weight is 375 g/mol. The van der Waals surface area contributed by atoms with E-state index in [0.717, 1.165) is 0 Å². The van der Waals surface area contributed by atoms with E-state index in [9.17, 15) is 14.4 Å². The molecule has 1 aromatic carbocycles. The van der Waals surface area contributed by atoms with Crippen LogP contribution in [0.4, 0.5) is 0 Å². The molecule has 0 bridgehead atoms. The number of hydrogen-bond donors (Lipinski definition) is 2. The third-order valence-corrected chi connectivity index (χ3v) is 4.65. The Bertz CT molecular complexity index is 756. The van der Waals surface area contributed by atoms with Gasteiger partial charge in [0.05, 0.1) is 5.92 Å². The van der Waals surface area contributed by atoms with Gasteiger partial charge in [-0.3, -0.25) is 14.4 Å². The Kier molecular flexibility index (Phi) is 5.25. The van der Waals surface area contributed by atoms with Crippen LogP contribution in [0.1, 0.15) is 37.6 Å². The fourth-order valence-electron chi connectivity index (χ4n) is 3.18. The Morgan fingerprint density at radius 2 is 1.85 bits per heavy atom. The monoisotopic (exact) mass is 375 g/mol. The van der Waals surface area contributed by atoms with Gasteiger partial charge in [-0.15, -0.1) is 0 Å². The largest absolute Gasteiger partial charge is 0.454 e. The number of carbonyl (C=O) groups is 3. The third kappa shape index (κ3) is 4.32. The topological polar surface area (TPSA) is 97.0 Å². The highest BCUT2D eigenvalue weighted by Crippen LogP contribution is 2.32. The number of carbonyl (C=O) groups excluding carboxylic acids is 3. The van der Waals surface area contributed by atoms with E-state index in [1.807, 2.05) is 20.8 Å². The second kappa shape index (κ2) is 7.46. The number of ether oxygens (including phenoxy) is 2. The zero-order valence-electron chi connectivity index (χ0n) is 15.8. The van der Waals surface area contributed by atoms with Crippen molar-refractivity contribution in [3.05, 3.63) is 23.8 Å². The van der Waals surface area contributed by atoms with E-state index in [1.165, 1.54) is 0 Å². The minimum Gasteiger partial charge on any atom is -0.454 e. The number of nitrogens with zero attached hydrogens (tertiary/aromatic N) is 1. The summed E-state index contributed by atoms with van der Waals surface area (Å²) in [4.78, 5) is 38.2.